The number of pyridine rings is 1. The van der Waals surface area contributed by atoms with Gasteiger partial charge in [-0.05, 0) is 48.7 Å². The van der Waals surface area contributed by atoms with Crippen molar-refractivity contribution in [1.29, 1.82) is 5.26 Å². The summed E-state index contributed by atoms with van der Waals surface area (Å²) >= 11 is 1.38. The second-order valence-corrected chi connectivity index (χ2v) is 11.1. The Morgan fingerprint density at radius 3 is 2.56 bits per heavy atom. The molecule has 0 spiro atoms. The van der Waals surface area contributed by atoms with E-state index in [9.17, 15) is 14.6 Å². The van der Waals surface area contributed by atoms with Gasteiger partial charge in [0.05, 0.1) is 29.2 Å². The first-order chi connectivity index (χ1) is 16.4. The first kappa shape index (κ1) is 24.5. The predicted molar refractivity (Wildman–Crippen MR) is 138 cm³/mol. The molecule has 4 rings (SSSR count). The molecule has 0 aliphatic heterocycles. The number of aliphatic hydroxyl groups is 1. The third-order valence-corrected chi connectivity index (χ3v) is 9.04. The molecule has 176 valence electrons. The molecular weight excluding hydrogens is 464 g/mol. The zero-order valence-electron chi connectivity index (χ0n) is 19.4. The van der Waals surface area contributed by atoms with E-state index in [4.69, 9.17) is 9.72 Å². The highest BCUT2D eigenvalue weighted by Crippen LogP contribution is 2.39. The van der Waals surface area contributed by atoms with E-state index in [0.29, 0.717) is 22.8 Å². The number of thioether (sulfide) groups is 1. The van der Waals surface area contributed by atoms with Crippen molar-refractivity contribution in [1.82, 2.24) is 4.98 Å². The van der Waals surface area contributed by atoms with Gasteiger partial charge in [-0.25, -0.2) is 4.98 Å². The lowest BCUT2D eigenvalue weighted by molar-refractivity contribution is 0.0326. The van der Waals surface area contributed by atoms with Crippen LogP contribution in [0.4, 0.5) is 0 Å². The molecule has 3 atom stereocenters. The number of ether oxygens (including phenoxy) is 1. The molecule has 3 aromatic rings. The molecule has 7 heteroatoms. The molecule has 1 aliphatic carbocycles. The van der Waals surface area contributed by atoms with Gasteiger partial charge in [-0.1, -0.05) is 43.2 Å². The number of aromatic nitrogens is 1. The van der Waals surface area contributed by atoms with Crippen molar-refractivity contribution in [3.63, 3.8) is 0 Å². The maximum Gasteiger partial charge on any atom is 0.118 e. The number of hydrogen-bond donors (Lipinski definition) is 1. The van der Waals surface area contributed by atoms with E-state index in [1.807, 2.05) is 60.7 Å². The monoisotopic (exact) mass is 492 g/mol. The van der Waals surface area contributed by atoms with Crippen LogP contribution in [-0.4, -0.2) is 44.3 Å². The third-order valence-electron chi connectivity index (χ3n) is 6.35. The van der Waals surface area contributed by atoms with Gasteiger partial charge in [0, 0.05) is 33.9 Å². The number of benzene rings is 2. The molecule has 1 aliphatic rings. The van der Waals surface area contributed by atoms with Crippen molar-refractivity contribution in [2.75, 3.05) is 19.1 Å². The summed E-state index contributed by atoms with van der Waals surface area (Å²) in [4.78, 5) is 4.85. The van der Waals surface area contributed by atoms with E-state index < -0.39 is 16.4 Å². The number of nitriles is 1. The van der Waals surface area contributed by atoms with Gasteiger partial charge in [-0.15, -0.1) is 11.8 Å². The minimum atomic E-state index is -1.12. The van der Waals surface area contributed by atoms with Crippen LogP contribution in [0, 0.1) is 11.3 Å². The van der Waals surface area contributed by atoms with Gasteiger partial charge in [0.2, 0.25) is 0 Å². The Balaban J connectivity index is 1.77. The molecule has 1 saturated carbocycles. The molecule has 1 N–H and O–H groups in total. The van der Waals surface area contributed by atoms with Gasteiger partial charge in [0.15, 0.2) is 0 Å². The lowest BCUT2D eigenvalue weighted by Crippen LogP contribution is -2.49. The van der Waals surface area contributed by atoms with Crippen LogP contribution >= 0.6 is 11.8 Å². The molecule has 3 unspecified atom stereocenters. The fraction of sp³-hybridized carbons (Fsp3) is 0.333. The number of methoxy groups -OCH3 is 1. The summed E-state index contributed by atoms with van der Waals surface area (Å²) in [5, 5.41) is 21.8. The van der Waals surface area contributed by atoms with Crippen molar-refractivity contribution in [3.05, 3.63) is 66.2 Å². The summed E-state index contributed by atoms with van der Waals surface area (Å²) in [6.45, 7) is 0. The number of rotatable bonds is 7. The largest absolute Gasteiger partial charge is 0.497 e. The highest BCUT2D eigenvalue weighted by Gasteiger charge is 2.41. The van der Waals surface area contributed by atoms with E-state index >= 15 is 0 Å². The zero-order chi connectivity index (χ0) is 24.1. The Labute approximate surface area is 207 Å². The van der Waals surface area contributed by atoms with E-state index in [1.54, 1.807) is 13.4 Å². The number of hydrogen-bond acceptors (Lipinski definition) is 6. The standard InChI is InChI=1S/C27H28N2O3S2/c1-32-21-13-11-20(12-14-21)24-16-22(19-8-4-3-5-9-19)23(17-28)26(29-24)33-18-27(30)15-7-6-10-25(27)34(2)31/h3-5,8-9,11-14,16,25,30H,6-7,10,15,18H2,1-2H3. The summed E-state index contributed by atoms with van der Waals surface area (Å²) in [5.41, 5.74) is 2.84. The van der Waals surface area contributed by atoms with Gasteiger partial charge in [-0.2, -0.15) is 5.26 Å². The molecule has 2 aromatic carbocycles. The molecule has 34 heavy (non-hydrogen) atoms. The van der Waals surface area contributed by atoms with Crippen molar-refractivity contribution in [2.45, 2.75) is 41.6 Å². The molecule has 0 bridgehead atoms. The van der Waals surface area contributed by atoms with Crippen molar-refractivity contribution in [2.24, 2.45) is 0 Å². The first-order valence-electron chi connectivity index (χ1n) is 11.3. The summed E-state index contributed by atoms with van der Waals surface area (Å²) in [6.07, 6.45) is 4.91. The Morgan fingerprint density at radius 2 is 1.91 bits per heavy atom. The van der Waals surface area contributed by atoms with Gasteiger partial charge in [0.25, 0.3) is 0 Å². The predicted octanol–water partition coefficient (Wildman–Crippen LogP) is 5.44. The summed E-state index contributed by atoms with van der Waals surface area (Å²) < 4.78 is 17.6. The molecule has 0 amide bonds. The molecular formula is C27H28N2O3S2. The highest BCUT2D eigenvalue weighted by atomic mass is 32.2. The Morgan fingerprint density at radius 1 is 1.18 bits per heavy atom. The van der Waals surface area contributed by atoms with E-state index in [2.05, 4.69) is 6.07 Å². The van der Waals surface area contributed by atoms with Crippen molar-refractivity contribution >= 4 is 22.6 Å². The third kappa shape index (κ3) is 5.20. The molecule has 1 aromatic heterocycles. The van der Waals surface area contributed by atoms with Gasteiger partial charge < -0.3 is 9.84 Å². The first-order valence-corrected chi connectivity index (χ1v) is 13.9. The minimum absolute atomic E-state index is 0.266. The Bertz CT molecular complexity index is 1210. The van der Waals surface area contributed by atoms with E-state index in [-0.39, 0.29) is 5.25 Å². The second-order valence-electron chi connectivity index (χ2n) is 8.57. The fourth-order valence-electron chi connectivity index (χ4n) is 4.51. The quantitative estimate of drug-likeness (QED) is 0.442. The minimum Gasteiger partial charge on any atom is -0.497 e. The lowest BCUT2D eigenvalue weighted by atomic mass is 9.86. The molecule has 0 saturated heterocycles. The molecule has 1 fully saturated rings. The van der Waals surface area contributed by atoms with E-state index in [1.165, 1.54) is 11.8 Å². The van der Waals surface area contributed by atoms with Crippen LogP contribution in [0.5, 0.6) is 5.75 Å². The average Bonchev–Trinajstić information content (AvgIpc) is 2.87. The maximum absolute atomic E-state index is 12.3. The smallest absolute Gasteiger partial charge is 0.118 e. The highest BCUT2D eigenvalue weighted by molar-refractivity contribution is 7.99. The summed E-state index contributed by atoms with van der Waals surface area (Å²) in [5.74, 6) is 1.10. The Kier molecular flexibility index (Phi) is 7.72. The van der Waals surface area contributed by atoms with Crippen LogP contribution in [0.25, 0.3) is 22.4 Å². The van der Waals surface area contributed by atoms with Crippen LogP contribution < -0.4 is 4.74 Å². The van der Waals surface area contributed by atoms with Gasteiger partial charge >= 0.3 is 0 Å². The SMILES string of the molecule is COc1ccc(-c2cc(-c3ccccc3)c(C#N)c(SCC3(O)CCCCC3S(C)=O)n2)cc1. The molecule has 1 heterocycles. The zero-order valence-corrected chi connectivity index (χ0v) is 21.0. The summed E-state index contributed by atoms with van der Waals surface area (Å²) in [7, 11) is 0.510. The average molecular weight is 493 g/mol. The van der Waals surface area contributed by atoms with Crippen LogP contribution in [0.3, 0.4) is 0 Å². The second kappa shape index (κ2) is 10.7. The van der Waals surface area contributed by atoms with Crippen LogP contribution in [0.15, 0.2) is 65.7 Å². The normalized spacial score (nSPS) is 20.9. The fourth-order valence-corrected chi connectivity index (χ4v) is 7.13. The van der Waals surface area contributed by atoms with E-state index in [0.717, 1.165) is 47.4 Å². The van der Waals surface area contributed by atoms with Crippen LogP contribution in [0.2, 0.25) is 0 Å². The van der Waals surface area contributed by atoms with Gasteiger partial charge in [0.1, 0.15) is 16.8 Å². The van der Waals surface area contributed by atoms with Crippen molar-refractivity contribution in [3.8, 4) is 34.2 Å². The Hall–Kier alpha value is -2.66. The van der Waals surface area contributed by atoms with Gasteiger partial charge in [-0.3, -0.25) is 4.21 Å². The van der Waals surface area contributed by atoms with Crippen molar-refractivity contribution < 1.29 is 14.1 Å². The molecule has 0 radical (unpaired) electrons. The maximum atomic E-state index is 12.3. The number of nitrogens with zero attached hydrogens (tertiary/aromatic N) is 2. The molecule has 5 nitrogen and oxygen atoms in total. The topological polar surface area (TPSA) is 83.2 Å². The summed E-state index contributed by atoms with van der Waals surface area (Å²) in [6, 6.07) is 21.8. The lowest BCUT2D eigenvalue weighted by Gasteiger charge is -2.38. The van der Waals surface area contributed by atoms with Crippen LogP contribution in [0.1, 0.15) is 31.2 Å². The van der Waals surface area contributed by atoms with Crippen LogP contribution in [-0.2, 0) is 10.8 Å².